The number of hydrogen-bond acceptors (Lipinski definition) is 3. The first-order valence-electron chi connectivity index (χ1n) is 6.40. The molecule has 20 heavy (non-hydrogen) atoms. The van der Waals surface area contributed by atoms with Crippen molar-refractivity contribution in [3.8, 4) is 22.8 Å². The van der Waals surface area contributed by atoms with Gasteiger partial charge in [0, 0.05) is 11.8 Å². The lowest BCUT2D eigenvalue weighted by atomic mass is 10.1. The number of aromatic nitrogens is 3. The van der Waals surface area contributed by atoms with Crippen molar-refractivity contribution in [2.75, 3.05) is 7.11 Å². The summed E-state index contributed by atoms with van der Waals surface area (Å²) in [5.74, 6) is 1.65. The van der Waals surface area contributed by atoms with E-state index in [0.29, 0.717) is 0 Å². The van der Waals surface area contributed by atoms with Crippen molar-refractivity contribution >= 4 is 0 Å². The Bertz CT molecular complexity index is 702. The smallest absolute Gasteiger partial charge is 0.153 e. The third kappa shape index (κ3) is 2.16. The molecule has 1 aromatic carbocycles. The van der Waals surface area contributed by atoms with Crippen molar-refractivity contribution in [3.05, 3.63) is 60.4 Å². The van der Waals surface area contributed by atoms with Gasteiger partial charge in [0.1, 0.15) is 5.75 Å². The number of hydrogen-bond donors (Lipinski definition) is 0. The normalized spacial score (nSPS) is 10.5. The van der Waals surface area contributed by atoms with E-state index in [2.05, 4.69) is 10.1 Å². The van der Waals surface area contributed by atoms with E-state index in [0.717, 1.165) is 28.4 Å². The number of pyridine rings is 1. The summed E-state index contributed by atoms with van der Waals surface area (Å²) in [5.41, 5.74) is 3.25. The van der Waals surface area contributed by atoms with Gasteiger partial charge in [0.05, 0.1) is 19.0 Å². The molecular weight excluding hydrogens is 250 g/mol. The molecule has 0 aliphatic heterocycles. The van der Waals surface area contributed by atoms with Gasteiger partial charge in [-0.15, -0.1) is 0 Å². The maximum absolute atomic E-state index is 5.20. The predicted octanol–water partition coefficient (Wildman–Crippen LogP) is 3.25. The third-order valence-corrected chi connectivity index (χ3v) is 3.18. The second-order valence-corrected chi connectivity index (χ2v) is 4.50. The standard InChI is InChI=1S/C16H15N3O/c1-12-11-18-19(15-5-3-4-10-17-15)16(12)13-6-8-14(20-2)9-7-13/h3-11H,1-2H3. The van der Waals surface area contributed by atoms with Crippen LogP contribution in [0.4, 0.5) is 0 Å². The summed E-state index contributed by atoms with van der Waals surface area (Å²) in [6.45, 7) is 2.05. The molecule has 0 saturated heterocycles. The number of benzene rings is 1. The Labute approximate surface area is 117 Å². The van der Waals surface area contributed by atoms with Gasteiger partial charge in [-0.2, -0.15) is 5.10 Å². The fourth-order valence-electron chi connectivity index (χ4n) is 2.18. The highest BCUT2D eigenvalue weighted by atomic mass is 16.5. The van der Waals surface area contributed by atoms with E-state index in [1.807, 2.05) is 60.3 Å². The molecule has 0 amide bonds. The van der Waals surface area contributed by atoms with Crippen LogP contribution in [0.25, 0.3) is 17.1 Å². The van der Waals surface area contributed by atoms with Crippen molar-refractivity contribution in [3.63, 3.8) is 0 Å². The average Bonchev–Trinajstić information content (AvgIpc) is 2.90. The van der Waals surface area contributed by atoms with Crippen LogP contribution in [0.1, 0.15) is 5.56 Å². The number of methoxy groups -OCH3 is 1. The first-order chi connectivity index (χ1) is 9.79. The van der Waals surface area contributed by atoms with Crippen molar-refractivity contribution in [2.45, 2.75) is 6.92 Å². The molecule has 0 aliphatic rings. The third-order valence-electron chi connectivity index (χ3n) is 3.18. The molecule has 0 radical (unpaired) electrons. The van der Waals surface area contributed by atoms with Crippen LogP contribution in [0.5, 0.6) is 5.75 Å². The highest BCUT2D eigenvalue weighted by Gasteiger charge is 2.12. The highest BCUT2D eigenvalue weighted by molar-refractivity contribution is 5.65. The Morgan fingerprint density at radius 3 is 2.50 bits per heavy atom. The van der Waals surface area contributed by atoms with Gasteiger partial charge in [0.15, 0.2) is 5.82 Å². The van der Waals surface area contributed by atoms with E-state index >= 15 is 0 Å². The van der Waals surface area contributed by atoms with Crippen LogP contribution in [0, 0.1) is 6.92 Å². The van der Waals surface area contributed by atoms with Crippen molar-refractivity contribution in [1.82, 2.24) is 14.8 Å². The Kier molecular flexibility index (Phi) is 3.21. The van der Waals surface area contributed by atoms with Gasteiger partial charge in [-0.05, 0) is 48.9 Å². The van der Waals surface area contributed by atoms with Crippen LogP contribution in [-0.2, 0) is 0 Å². The van der Waals surface area contributed by atoms with Gasteiger partial charge in [-0.25, -0.2) is 9.67 Å². The number of ether oxygens (including phenoxy) is 1. The second-order valence-electron chi connectivity index (χ2n) is 4.50. The molecule has 0 fully saturated rings. The van der Waals surface area contributed by atoms with Crippen LogP contribution in [0.3, 0.4) is 0 Å². The maximum atomic E-state index is 5.20. The molecule has 4 heteroatoms. The fourth-order valence-corrected chi connectivity index (χ4v) is 2.18. The first-order valence-corrected chi connectivity index (χ1v) is 6.40. The molecule has 0 bridgehead atoms. The summed E-state index contributed by atoms with van der Waals surface area (Å²) in [7, 11) is 1.67. The molecule has 0 N–H and O–H groups in total. The molecule has 3 aromatic rings. The predicted molar refractivity (Wildman–Crippen MR) is 78.1 cm³/mol. The lowest BCUT2D eigenvalue weighted by molar-refractivity contribution is 0.415. The lowest BCUT2D eigenvalue weighted by Crippen LogP contribution is -2.01. The van der Waals surface area contributed by atoms with E-state index < -0.39 is 0 Å². The minimum absolute atomic E-state index is 0.811. The van der Waals surface area contributed by atoms with Crippen LogP contribution < -0.4 is 4.74 Å². The van der Waals surface area contributed by atoms with Crippen LogP contribution in [0.2, 0.25) is 0 Å². The summed E-state index contributed by atoms with van der Waals surface area (Å²) in [6.07, 6.45) is 3.62. The molecule has 0 spiro atoms. The van der Waals surface area contributed by atoms with Crippen molar-refractivity contribution in [2.24, 2.45) is 0 Å². The van der Waals surface area contributed by atoms with Gasteiger partial charge < -0.3 is 4.74 Å². The van der Waals surface area contributed by atoms with E-state index in [-0.39, 0.29) is 0 Å². The van der Waals surface area contributed by atoms with Gasteiger partial charge in [0.2, 0.25) is 0 Å². The monoisotopic (exact) mass is 265 g/mol. The Morgan fingerprint density at radius 2 is 1.85 bits per heavy atom. The molecule has 4 nitrogen and oxygen atoms in total. The zero-order valence-corrected chi connectivity index (χ0v) is 11.4. The summed E-state index contributed by atoms with van der Waals surface area (Å²) >= 11 is 0. The molecular formula is C16H15N3O. The average molecular weight is 265 g/mol. The van der Waals surface area contributed by atoms with E-state index in [9.17, 15) is 0 Å². The molecule has 2 aromatic heterocycles. The zero-order chi connectivity index (χ0) is 13.9. The van der Waals surface area contributed by atoms with Crippen LogP contribution >= 0.6 is 0 Å². The topological polar surface area (TPSA) is 39.9 Å². The maximum Gasteiger partial charge on any atom is 0.153 e. The summed E-state index contributed by atoms with van der Waals surface area (Å²) in [4.78, 5) is 4.36. The summed E-state index contributed by atoms with van der Waals surface area (Å²) in [6, 6.07) is 13.8. The van der Waals surface area contributed by atoms with Crippen LogP contribution in [-0.4, -0.2) is 21.9 Å². The number of aryl methyl sites for hydroxylation is 1. The Hall–Kier alpha value is -2.62. The SMILES string of the molecule is COc1ccc(-c2c(C)cnn2-c2ccccn2)cc1. The number of nitrogens with zero attached hydrogens (tertiary/aromatic N) is 3. The Balaban J connectivity index is 2.11. The van der Waals surface area contributed by atoms with Gasteiger partial charge in [0.25, 0.3) is 0 Å². The van der Waals surface area contributed by atoms with Crippen molar-refractivity contribution in [1.29, 1.82) is 0 Å². The molecule has 0 unspecified atom stereocenters. The Morgan fingerprint density at radius 1 is 1.05 bits per heavy atom. The second kappa shape index (κ2) is 5.17. The van der Waals surface area contributed by atoms with Gasteiger partial charge >= 0.3 is 0 Å². The molecule has 0 atom stereocenters. The van der Waals surface area contributed by atoms with E-state index in [1.54, 1.807) is 13.3 Å². The molecule has 3 rings (SSSR count). The number of rotatable bonds is 3. The van der Waals surface area contributed by atoms with E-state index in [1.165, 1.54) is 0 Å². The van der Waals surface area contributed by atoms with Crippen LogP contribution in [0.15, 0.2) is 54.9 Å². The zero-order valence-electron chi connectivity index (χ0n) is 11.4. The molecule has 0 aliphatic carbocycles. The fraction of sp³-hybridized carbons (Fsp3) is 0.125. The minimum Gasteiger partial charge on any atom is -0.497 e. The summed E-state index contributed by atoms with van der Waals surface area (Å²) in [5, 5.41) is 4.43. The molecule has 100 valence electrons. The molecule has 2 heterocycles. The van der Waals surface area contributed by atoms with Crippen molar-refractivity contribution < 1.29 is 4.74 Å². The van der Waals surface area contributed by atoms with Gasteiger partial charge in [-0.3, -0.25) is 0 Å². The lowest BCUT2D eigenvalue weighted by Gasteiger charge is -2.08. The first kappa shape index (κ1) is 12.4. The summed E-state index contributed by atoms with van der Waals surface area (Å²) < 4.78 is 7.06. The minimum atomic E-state index is 0.811. The van der Waals surface area contributed by atoms with E-state index in [4.69, 9.17) is 4.74 Å². The largest absolute Gasteiger partial charge is 0.497 e. The highest BCUT2D eigenvalue weighted by Crippen LogP contribution is 2.27. The van der Waals surface area contributed by atoms with Gasteiger partial charge in [-0.1, -0.05) is 6.07 Å². The molecule has 0 saturated carbocycles. The quantitative estimate of drug-likeness (QED) is 0.729.